The second kappa shape index (κ2) is 6.06. The molecule has 0 bridgehead atoms. The highest BCUT2D eigenvalue weighted by molar-refractivity contribution is 7.98. The molecule has 1 aromatic heterocycles. The third kappa shape index (κ3) is 3.47. The third-order valence-electron chi connectivity index (χ3n) is 3.26. The van der Waals surface area contributed by atoms with Crippen molar-refractivity contribution in [3.05, 3.63) is 11.7 Å². The summed E-state index contributed by atoms with van der Waals surface area (Å²) < 4.78 is 5.20. The molecule has 17 heavy (non-hydrogen) atoms. The van der Waals surface area contributed by atoms with E-state index in [4.69, 9.17) is 9.78 Å². The van der Waals surface area contributed by atoms with Gasteiger partial charge in [0, 0.05) is 5.92 Å². The van der Waals surface area contributed by atoms with Crippen molar-refractivity contribution >= 4 is 11.8 Å². The minimum Gasteiger partial charge on any atom is -0.338 e. The van der Waals surface area contributed by atoms with Crippen molar-refractivity contribution < 1.29 is 4.52 Å². The molecule has 0 aromatic carbocycles. The number of thioether (sulfide) groups is 1. The molecule has 5 heteroatoms. The van der Waals surface area contributed by atoms with E-state index in [2.05, 4.69) is 23.1 Å². The Morgan fingerprint density at radius 2 is 2.18 bits per heavy atom. The fraction of sp³-hybridized carbons (Fsp3) is 0.750. The van der Waals surface area contributed by atoms with E-state index in [9.17, 15) is 0 Å². The Morgan fingerprint density at radius 1 is 1.41 bits per heavy atom. The van der Waals surface area contributed by atoms with Crippen LogP contribution in [0.5, 0.6) is 0 Å². The first-order valence-electron chi connectivity index (χ1n) is 6.06. The lowest BCUT2D eigenvalue weighted by Gasteiger charge is -2.23. The number of aromatic nitrogens is 2. The first kappa shape index (κ1) is 12.4. The quantitative estimate of drug-likeness (QED) is 0.769. The average molecular weight is 251 g/mol. The third-order valence-corrected chi connectivity index (χ3v) is 4.04. The molecule has 0 amide bonds. The predicted molar refractivity (Wildman–Crippen MR) is 66.4 cm³/mol. The Kier molecular flexibility index (Phi) is 4.43. The SMILES string of the molecule is CC1CCC(c2noc(CSCC#N)n2)CC1. The van der Waals surface area contributed by atoms with Gasteiger partial charge in [0.15, 0.2) is 5.82 Å². The van der Waals surface area contributed by atoms with Gasteiger partial charge in [-0.1, -0.05) is 24.9 Å². The largest absolute Gasteiger partial charge is 0.338 e. The molecular weight excluding hydrogens is 234 g/mol. The molecule has 0 atom stereocenters. The summed E-state index contributed by atoms with van der Waals surface area (Å²) in [5.74, 6) is 3.94. The zero-order chi connectivity index (χ0) is 12.1. The molecule has 1 saturated carbocycles. The fourth-order valence-corrected chi connectivity index (χ4v) is 2.68. The van der Waals surface area contributed by atoms with E-state index in [1.165, 1.54) is 37.4 Å². The molecule has 0 N–H and O–H groups in total. The second-order valence-corrected chi connectivity index (χ2v) is 5.64. The van der Waals surface area contributed by atoms with Gasteiger partial charge in [-0.25, -0.2) is 0 Å². The maximum Gasteiger partial charge on any atom is 0.236 e. The van der Waals surface area contributed by atoms with Crippen LogP contribution < -0.4 is 0 Å². The molecule has 92 valence electrons. The molecule has 1 aliphatic rings. The molecule has 1 fully saturated rings. The van der Waals surface area contributed by atoms with E-state index in [-0.39, 0.29) is 0 Å². The molecule has 0 radical (unpaired) electrons. The van der Waals surface area contributed by atoms with Crippen molar-refractivity contribution in [3.8, 4) is 6.07 Å². The summed E-state index contributed by atoms with van der Waals surface area (Å²) >= 11 is 1.51. The van der Waals surface area contributed by atoms with Crippen LogP contribution in [-0.4, -0.2) is 15.9 Å². The summed E-state index contributed by atoms with van der Waals surface area (Å²) in [6, 6.07) is 2.09. The molecule has 0 unspecified atom stereocenters. The van der Waals surface area contributed by atoms with Crippen molar-refractivity contribution in [1.82, 2.24) is 10.1 Å². The highest BCUT2D eigenvalue weighted by Gasteiger charge is 2.23. The topological polar surface area (TPSA) is 62.7 Å². The molecule has 4 nitrogen and oxygen atoms in total. The lowest BCUT2D eigenvalue weighted by atomic mass is 9.83. The highest BCUT2D eigenvalue weighted by Crippen LogP contribution is 2.34. The van der Waals surface area contributed by atoms with Crippen LogP contribution in [0.3, 0.4) is 0 Å². The molecule has 0 saturated heterocycles. The number of hydrogen-bond acceptors (Lipinski definition) is 5. The van der Waals surface area contributed by atoms with Crippen LogP contribution in [0.1, 0.15) is 50.2 Å². The van der Waals surface area contributed by atoms with Gasteiger partial charge in [-0.3, -0.25) is 0 Å². The minimum atomic E-state index is 0.471. The van der Waals surface area contributed by atoms with E-state index >= 15 is 0 Å². The Hall–Kier alpha value is -1.02. The molecule has 1 aliphatic carbocycles. The van der Waals surface area contributed by atoms with Crippen LogP contribution >= 0.6 is 11.8 Å². The smallest absolute Gasteiger partial charge is 0.236 e. The van der Waals surface area contributed by atoms with E-state index < -0.39 is 0 Å². The van der Waals surface area contributed by atoms with E-state index in [1.807, 2.05) is 0 Å². The first-order chi connectivity index (χ1) is 8.29. The monoisotopic (exact) mass is 251 g/mol. The first-order valence-corrected chi connectivity index (χ1v) is 7.22. The van der Waals surface area contributed by atoms with E-state index in [1.54, 1.807) is 0 Å². The maximum atomic E-state index is 8.44. The van der Waals surface area contributed by atoms with Gasteiger partial charge in [-0.2, -0.15) is 10.2 Å². The van der Waals surface area contributed by atoms with Crippen LogP contribution in [0.25, 0.3) is 0 Å². The normalized spacial score (nSPS) is 24.5. The Bertz CT molecular complexity index is 391. The van der Waals surface area contributed by atoms with Crippen LogP contribution in [0.2, 0.25) is 0 Å². The zero-order valence-corrected chi connectivity index (χ0v) is 10.9. The summed E-state index contributed by atoms with van der Waals surface area (Å²) in [5, 5.41) is 12.5. The van der Waals surface area contributed by atoms with Crippen molar-refractivity contribution in [1.29, 1.82) is 5.26 Å². The summed E-state index contributed by atoms with van der Waals surface area (Å²) in [6.45, 7) is 2.30. The van der Waals surface area contributed by atoms with Crippen LogP contribution in [0.4, 0.5) is 0 Å². The Balaban J connectivity index is 1.87. The maximum absolute atomic E-state index is 8.44. The molecule has 0 spiro atoms. The standard InChI is InChI=1S/C12H17N3OS/c1-9-2-4-10(5-3-9)12-14-11(16-15-12)8-17-7-6-13/h9-10H,2-5,7-8H2,1H3. The zero-order valence-electron chi connectivity index (χ0n) is 10.1. The lowest BCUT2D eigenvalue weighted by Crippen LogP contribution is -2.11. The van der Waals surface area contributed by atoms with Gasteiger partial charge in [0.25, 0.3) is 0 Å². The summed E-state index contributed by atoms with van der Waals surface area (Å²) in [4.78, 5) is 4.42. The van der Waals surface area contributed by atoms with Gasteiger partial charge in [0.1, 0.15) is 0 Å². The summed E-state index contributed by atoms with van der Waals surface area (Å²) in [5.41, 5.74) is 0. The average Bonchev–Trinajstić information content (AvgIpc) is 2.79. The van der Waals surface area contributed by atoms with Gasteiger partial charge in [0.2, 0.25) is 5.89 Å². The van der Waals surface area contributed by atoms with Gasteiger partial charge >= 0.3 is 0 Å². The van der Waals surface area contributed by atoms with Crippen molar-refractivity contribution in [2.45, 2.75) is 44.3 Å². The second-order valence-electron chi connectivity index (χ2n) is 4.65. The summed E-state index contributed by atoms with van der Waals surface area (Å²) in [7, 11) is 0. The molecular formula is C12H17N3OS. The van der Waals surface area contributed by atoms with Crippen molar-refractivity contribution in [2.75, 3.05) is 5.75 Å². The van der Waals surface area contributed by atoms with Crippen molar-refractivity contribution in [3.63, 3.8) is 0 Å². The van der Waals surface area contributed by atoms with E-state index in [0.717, 1.165) is 11.7 Å². The lowest BCUT2D eigenvalue weighted by molar-refractivity contribution is 0.325. The van der Waals surface area contributed by atoms with Crippen LogP contribution in [0.15, 0.2) is 4.52 Å². The van der Waals surface area contributed by atoms with E-state index in [0.29, 0.717) is 23.3 Å². The van der Waals surface area contributed by atoms with Crippen molar-refractivity contribution in [2.24, 2.45) is 5.92 Å². The molecule has 0 aliphatic heterocycles. The molecule has 1 aromatic rings. The molecule has 1 heterocycles. The predicted octanol–water partition coefficient (Wildman–Crippen LogP) is 3.12. The van der Waals surface area contributed by atoms with Gasteiger partial charge in [-0.05, 0) is 18.8 Å². The Labute approximate surface area is 106 Å². The number of nitriles is 1. The number of hydrogen-bond donors (Lipinski definition) is 0. The van der Waals surface area contributed by atoms with Gasteiger partial charge in [-0.15, -0.1) is 11.8 Å². The van der Waals surface area contributed by atoms with Crippen LogP contribution in [-0.2, 0) is 5.75 Å². The minimum absolute atomic E-state index is 0.471. The summed E-state index contributed by atoms with van der Waals surface area (Å²) in [6.07, 6.45) is 4.87. The highest BCUT2D eigenvalue weighted by atomic mass is 32.2. The number of nitrogens with zero attached hydrogens (tertiary/aromatic N) is 3. The number of rotatable bonds is 4. The van der Waals surface area contributed by atoms with Gasteiger partial charge in [0.05, 0.1) is 17.6 Å². The fourth-order valence-electron chi connectivity index (χ4n) is 2.19. The van der Waals surface area contributed by atoms with Gasteiger partial charge < -0.3 is 4.52 Å². The Morgan fingerprint density at radius 3 is 2.88 bits per heavy atom. The van der Waals surface area contributed by atoms with Crippen LogP contribution in [0, 0.1) is 17.2 Å². The molecule has 2 rings (SSSR count).